The second kappa shape index (κ2) is 11.5. The Morgan fingerprint density at radius 3 is 1.34 bits per heavy atom. The van der Waals surface area contributed by atoms with Gasteiger partial charge in [0.1, 0.15) is 0 Å². The van der Waals surface area contributed by atoms with Crippen LogP contribution in [0.3, 0.4) is 0 Å². The zero-order chi connectivity index (χ0) is 31.0. The monoisotopic (exact) mass is 573 g/mol. The fraction of sp³-hybridized carbons (Fsp3) is 0.209. The van der Waals surface area contributed by atoms with Gasteiger partial charge in [-0.2, -0.15) is 0 Å². The highest BCUT2D eigenvalue weighted by atomic mass is 15.2. The van der Waals surface area contributed by atoms with Gasteiger partial charge in [0.2, 0.25) is 0 Å². The number of hydrogen-bond donors (Lipinski definition) is 0. The summed E-state index contributed by atoms with van der Waals surface area (Å²) in [6.45, 7) is 14.0. The average molecular weight is 574 g/mol. The van der Waals surface area contributed by atoms with Crippen LogP contribution in [0, 0.1) is 0 Å². The number of anilines is 2. The van der Waals surface area contributed by atoms with Crippen LogP contribution in [0.2, 0.25) is 0 Å². The molecule has 0 aliphatic heterocycles. The van der Waals surface area contributed by atoms with Gasteiger partial charge in [-0.25, -0.2) is 0 Å². The van der Waals surface area contributed by atoms with Gasteiger partial charge in [0.15, 0.2) is 0 Å². The first-order chi connectivity index (χ1) is 21.1. The van der Waals surface area contributed by atoms with Crippen molar-refractivity contribution in [1.29, 1.82) is 0 Å². The summed E-state index contributed by atoms with van der Waals surface area (Å²) >= 11 is 0. The lowest BCUT2D eigenvalue weighted by Crippen LogP contribution is -2.38. The van der Waals surface area contributed by atoms with Crippen molar-refractivity contribution in [3.05, 3.63) is 179 Å². The van der Waals surface area contributed by atoms with Gasteiger partial charge in [-0.3, -0.25) is 0 Å². The van der Waals surface area contributed by atoms with Crippen LogP contribution in [0.25, 0.3) is 10.8 Å². The molecule has 0 heterocycles. The Balaban J connectivity index is 1.53. The van der Waals surface area contributed by atoms with Gasteiger partial charge in [0.05, 0.1) is 5.54 Å². The van der Waals surface area contributed by atoms with Gasteiger partial charge < -0.3 is 4.90 Å². The molecule has 0 saturated carbocycles. The molecule has 1 heteroatoms. The van der Waals surface area contributed by atoms with Crippen LogP contribution in [-0.2, 0) is 16.4 Å². The molecule has 0 aliphatic carbocycles. The largest absolute Gasteiger partial charge is 0.331 e. The number of benzene rings is 6. The Morgan fingerprint density at radius 2 is 0.795 bits per heavy atom. The van der Waals surface area contributed by atoms with E-state index >= 15 is 0 Å². The molecule has 0 bridgehead atoms. The molecule has 0 N–H and O–H groups in total. The molecule has 0 aliphatic rings. The second-order valence-corrected chi connectivity index (χ2v) is 13.5. The van der Waals surface area contributed by atoms with Gasteiger partial charge >= 0.3 is 0 Å². The van der Waals surface area contributed by atoms with Crippen LogP contribution in [-0.4, -0.2) is 0 Å². The first kappa shape index (κ1) is 29.5. The summed E-state index contributed by atoms with van der Waals surface area (Å²) in [4.78, 5) is 2.53. The molecule has 0 aromatic heterocycles. The van der Waals surface area contributed by atoms with Gasteiger partial charge in [-0.1, -0.05) is 161 Å². The number of rotatable bonds is 8. The fourth-order valence-electron chi connectivity index (χ4n) is 6.82. The molecule has 0 saturated heterocycles. The Labute approximate surface area is 263 Å². The summed E-state index contributed by atoms with van der Waals surface area (Å²) in [6, 6.07) is 55.4. The van der Waals surface area contributed by atoms with Crippen molar-refractivity contribution in [2.45, 2.75) is 57.9 Å². The molecular formula is C43H43N. The third-order valence-corrected chi connectivity index (χ3v) is 9.69. The predicted octanol–water partition coefficient (Wildman–Crippen LogP) is 11.6. The van der Waals surface area contributed by atoms with Crippen LogP contribution in [0.1, 0.15) is 69.4 Å². The number of fused-ring (bicyclic) bond motifs is 1. The second-order valence-electron chi connectivity index (χ2n) is 13.5. The van der Waals surface area contributed by atoms with Gasteiger partial charge in [-0.05, 0) is 65.3 Å². The maximum atomic E-state index is 2.53. The van der Waals surface area contributed by atoms with Crippen LogP contribution >= 0.6 is 0 Å². The van der Waals surface area contributed by atoms with Crippen molar-refractivity contribution in [2.24, 2.45) is 0 Å². The summed E-state index contributed by atoms with van der Waals surface area (Å²) in [7, 11) is 0. The quantitative estimate of drug-likeness (QED) is 0.175. The lowest BCUT2D eigenvalue weighted by Gasteiger charge is -2.42. The lowest BCUT2D eigenvalue weighted by molar-refractivity contribution is 0.536. The molecule has 6 aromatic carbocycles. The Bertz CT molecular complexity index is 1850. The third-order valence-electron chi connectivity index (χ3n) is 9.69. The molecule has 1 nitrogen and oxygen atoms in total. The molecule has 0 atom stereocenters. The molecule has 44 heavy (non-hydrogen) atoms. The summed E-state index contributed by atoms with van der Waals surface area (Å²) < 4.78 is 0. The highest BCUT2D eigenvalue weighted by Crippen LogP contribution is 2.46. The van der Waals surface area contributed by atoms with Crippen LogP contribution in [0.15, 0.2) is 152 Å². The first-order valence-electron chi connectivity index (χ1n) is 15.7. The topological polar surface area (TPSA) is 3.24 Å². The molecule has 220 valence electrons. The average Bonchev–Trinajstić information content (AvgIpc) is 3.06. The van der Waals surface area contributed by atoms with Crippen LogP contribution in [0.4, 0.5) is 11.4 Å². The van der Waals surface area contributed by atoms with Gasteiger partial charge in [-0.15, -0.1) is 0 Å². The third kappa shape index (κ3) is 5.22. The van der Waals surface area contributed by atoms with E-state index < -0.39 is 0 Å². The van der Waals surface area contributed by atoms with Gasteiger partial charge in [0, 0.05) is 27.6 Å². The van der Waals surface area contributed by atoms with Crippen molar-refractivity contribution in [1.82, 2.24) is 0 Å². The van der Waals surface area contributed by atoms with Crippen LogP contribution in [0.5, 0.6) is 0 Å². The SMILES string of the molecule is CC(C)(c1ccccc1)c1ccc(N(c2ccc(C(C)(C)c3ccccc3)c3ccccc23)C(C)(C)c2ccccc2)cc1. The smallest absolute Gasteiger partial charge is 0.0646 e. The molecule has 0 unspecified atom stereocenters. The zero-order valence-electron chi connectivity index (χ0n) is 26.9. The summed E-state index contributed by atoms with van der Waals surface area (Å²) in [5, 5.41) is 2.54. The molecule has 0 radical (unpaired) electrons. The minimum absolute atomic E-state index is 0.100. The molecule has 6 aromatic rings. The molecule has 0 fully saturated rings. The van der Waals surface area contributed by atoms with E-state index in [1.54, 1.807) is 0 Å². The standard InChI is InChI=1S/C43H43N/c1-41(2,32-18-10-7-11-19-32)34-26-28-36(29-27-34)44(43(5,6)35-22-14-9-15-23-35)40-31-30-39(37-24-16-17-25-38(37)40)42(3,4)33-20-12-8-13-21-33/h7-31H,1-6H3. The van der Waals surface area contributed by atoms with E-state index in [1.807, 2.05) is 0 Å². The van der Waals surface area contributed by atoms with Crippen molar-refractivity contribution in [2.75, 3.05) is 4.90 Å². The molecule has 0 amide bonds. The van der Waals surface area contributed by atoms with Crippen molar-refractivity contribution < 1.29 is 0 Å². The van der Waals surface area contributed by atoms with E-state index in [9.17, 15) is 0 Å². The van der Waals surface area contributed by atoms with E-state index in [0.29, 0.717) is 0 Å². The van der Waals surface area contributed by atoms with Crippen LogP contribution < -0.4 is 4.90 Å². The van der Waals surface area contributed by atoms with E-state index in [0.717, 1.165) is 0 Å². The summed E-state index contributed by atoms with van der Waals surface area (Å²) in [5.74, 6) is 0. The van der Waals surface area contributed by atoms with Crippen molar-refractivity contribution >= 4 is 22.1 Å². The number of hydrogen-bond acceptors (Lipinski definition) is 1. The first-order valence-corrected chi connectivity index (χ1v) is 15.7. The Kier molecular flexibility index (Phi) is 7.68. The van der Waals surface area contributed by atoms with E-state index in [4.69, 9.17) is 0 Å². The number of nitrogens with zero attached hydrogens (tertiary/aromatic N) is 1. The fourth-order valence-corrected chi connectivity index (χ4v) is 6.82. The van der Waals surface area contributed by atoms with E-state index in [1.165, 1.54) is 50.0 Å². The molecular weight excluding hydrogens is 530 g/mol. The Morgan fingerprint density at radius 1 is 0.364 bits per heavy atom. The Hall–Kier alpha value is -4.62. The van der Waals surface area contributed by atoms with E-state index in [-0.39, 0.29) is 16.4 Å². The summed E-state index contributed by atoms with van der Waals surface area (Å²) in [6.07, 6.45) is 0. The van der Waals surface area contributed by atoms with E-state index in [2.05, 4.69) is 198 Å². The van der Waals surface area contributed by atoms with Crippen molar-refractivity contribution in [3.8, 4) is 0 Å². The zero-order valence-corrected chi connectivity index (χ0v) is 26.9. The highest BCUT2D eigenvalue weighted by Gasteiger charge is 2.33. The lowest BCUT2D eigenvalue weighted by atomic mass is 9.76. The maximum absolute atomic E-state index is 2.53. The highest BCUT2D eigenvalue weighted by molar-refractivity contribution is 5.99. The summed E-state index contributed by atoms with van der Waals surface area (Å²) in [5.41, 5.74) is 8.34. The van der Waals surface area contributed by atoms with Crippen molar-refractivity contribution in [3.63, 3.8) is 0 Å². The maximum Gasteiger partial charge on any atom is 0.0646 e. The minimum Gasteiger partial charge on any atom is -0.331 e. The normalized spacial score (nSPS) is 12.3. The molecule has 6 rings (SSSR count). The van der Waals surface area contributed by atoms with Gasteiger partial charge in [0.25, 0.3) is 0 Å². The minimum atomic E-state index is -0.322. The molecule has 0 spiro atoms. The predicted molar refractivity (Wildman–Crippen MR) is 189 cm³/mol.